The van der Waals surface area contributed by atoms with Gasteiger partial charge in [-0.2, -0.15) is 13.2 Å². The fourth-order valence-corrected chi connectivity index (χ4v) is 5.06. The van der Waals surface area contributed by atoms with Crippen molar-refractivity contribution in [3.63, 3.8) is 0 Å². The maximum Gasteiger partial charge on any atom is 0.433 e. The Morgan fingerprint density at radius 1 is 0.956 bits per heavy atom. The van der Waals surface area contributed by atoms with E-state index in [0.717, 1.165) is 6.07 Å². The number of carbonyl (C=O) groups is 1. The Kier molecular flexibility index (Phi) is 8.81. The van der Waals surface area contributed by atoms with Crippen LogP contribution in [0.25, 0.3) is 27.9 Å². The van der Waals surface area contributed by atoms with Gasteiger partial charge in [-0.05, 0) is 54.7 Å². The van der Waals surface area contributed by atoms with Crippen molar-refractivity contribution in [3.8, 4) is 22.3 Å². The number of hydrogen-bond acceptors (Lipinski definition) is 7. The van der Waals surface area contributed by atoms with Crippen LogP contribution in [0.1, 0.15) is 49.7 Å². The molecule has 5 aromatic rings. The third-order valence-electron chi connectivity index (χ3n) is 7.48. The first-order chi connectivity index (χ1) is 21.3. The summed E-state index contributed by atoms with van der Waals surface area (Å²) in [6.45, 7) is 6.39. The Hall–Kier alpha value is -4.55. The maximum absolute atomic E-state index is 14.6. The van der Waals surface area contributed by atoms with Gasteiger partial charge in [-0.25, -0.2) is 14.2 Å². The molecule has 0 fully saturated rings. The summed E-state index contributed by atoms with van der Waals surface area (Å²) < 4.78 is 48.6. The largest absolute Gasteiger partial charge is 0.453 e. The van der Waals surface area contributed by atoms with E-state index < -0.39 is 35.5 Å². The number of carbonyl (C=O) groups excluding carboxylic acids is 1. The molecular formula is C32H30ClF3N6O3. The van der Waals surface area contributed by atoms with Crippen molar-refractivity contribution in [2.75, 3.05) is 0 Å². The SMILES string of the molecule is Cc1nc(C(F)(F)F)ccc1Cn1c(=O)c(-c2ccccc2)c(-c2ccc(Cl)cc2)c2nnc([C@H](C)OC(=O)C(N)C(C)C)n21. The molecule has 0 spiro atoms. The van der Waals surface area contributed by atoms with Gasteiger partial charge in [0.15, 0.2) is 17.6 Å². The minimum absolute atomic E-state index is 0.0879. The number of hydrogen-bond donors (Lipinski definition) is 1. The van der Waals surface area contributed by atoms with E-state index in [-0.39, 0.29) is 35.2 Å². The molecule has 5 rings (SSSR count). The Bertz CT molecular complexity index is 1920. The summed E-state index contributed by atoms with van der Waals surface area (Å²) in [6.07, 6.45) is -5.64. The van der Waals surface area contributed by atoms with Gasteiger partial charge >= 0.3 is 12.1 Å². The summed E-state index contributed by atoms with van der Waals surface area (Å²) in [6, 6.07) is 17.0. The summed E-state index contributed by atoms with van der Waals surface area (Å²) >= 11 is 6.18. The second-order valence-electron chi connectivity index (χ2n) is 11.0. The number of aryl methyl sites for hydroxylation is 1. The van der Waals surface area contributed by atoms with Crippen molar-refractivity contribution < 1.29 is 22.7 Å². The molecule has 0 radical (unpaired) electrons. The van der Waals surface area contributed by atoms with Crippen molar-refractivity contribution in [1.82, 2.24) is 24.4 Å². The average molecular weight is 639 g/mol. The quantitative estimate of drug-likeness (QED) is 0.200. The van der Waals surface area contributed by atoms with Crippen LogP contribution in [0.4, 0.5) is 13.2 Å². The molecule has 234 valence electrons. The van der Waals surface area contributed by atoms with Crippen molar-refractivity contribution in [3.05, 3.63) is 105 Å². The molecule has 2 N–H and O–H groups in total. The predicted molar refractivity (Wildman–Crippen MR) is 164 cm³/mol. The lowest BCUT2D eigenvalue weighted by atomic mass is 9.96. The minimum Gasteiger partial charge on any atom is -0.453 e. The number of aromatic nitrogens is 5. The number of rotatable bonds is 8. The normalized spacial score (nSPS) is 13.3. The maximum atomic E-state index is 14.6. The minimum atomic E-state index is -4.63. The summed E-state index contributed by atoms with van der Waals surface area (Å²) in [5.41, 5.74) is 7.10. The van der Waals surface area contributed by atoms with Gasteiger partial charge in [0.05, 0.1) is 12.1 Å². The first kappa shape index (κ1) is 31.9. The van der Waals surface area contributed by atoms with E-state index in [0.29, 0.717) is 27.3 Å². The molecule has 45 heavy (non-hydrogen) atoms. The zero-order valence-electron chi connectivity index (χ0n) is 24.8. The van der Waals surface area contributed by atoms with Crippen molar-refractivity contribution in [2.24, 2.45) is 11.7 Å². The van der Waals surface area contributed by atoms with Crippen LogP contribution in [-0.2, 0) is 22.3 Å². The first-order valence-electron chi connectivity index (χ1n) is 14.1. The van der Waals surface area contributed by atoms with Gasteiger partial charge in [0.1, 0.15) is 11.7 Å². The molecule has 3 heterocycles. The number of alkyl halides is 3. The van der Waals surface area contributed by atoms with E-state index in [1.165, 1.54) is 22.2 Å². The second-order valence-corrected chi connectivity index (χ2v) is 11.4. The van der Waals surface area contributed by atoms with E-state index in [1.807, 2.05) is 6.07 Å². The van der Waals surface area contributed by atoms with Gasteiger partial charge in [-0.1, -0.05) is 74.0 Å². The van der Waals surface area contributed by atoms with Crippen LogP contribution in [0.5, 0.6) is 0 Å². The number of fused-ring (bicyclic) bond motifs is 1. The van der Waals surface area contributed by atoms with Crippen LogP contribution in [0.15, 0.2) is 71.5 Å². The fraction of sp³-hybridized carbons (Fsp3) is 0.281. The standard InChI is InChI=1S/C32H30ClF3N6O3/c1-17(2)27(37)31(44)45-19(4)28-39-40-29-25(21-10-13-23(33)14-11-21)26(20-8-6-5-7-9-20)30(43)41(42(28)29)16-22-12-15-24(32(34,35)36)38-18(22)3/h5-15,17,19,27H,16,37H2,1-4H3/t19-,27?/m0/s1. The van der Waals surface area contributed by atoms with Crippen LogP contribution < -0.4 is 11.3 Å². The van der Waals surface area contributed by atoms with Gasteiger partial charge < -0.3 is 10.5 Å². The highest BCUT2D eigenvalue weighted by molar-refractivity contribution is 6.30. The van der Waals surface area contributed by atoms with E-state index in [2.05, 4.69) is 15.2 Å². The van der Waals surface area contributed by atoms with E-state index >= 15 is 0 Å². The number of esters is 1. The molecule has 0 aliphatic rings. The molecule has 9 nitrogen and oxygen atoms in total. The molecule has 0 aliphatic heterocycles. The van der Waals surface area contributed by atoms with Crippen LogP contribution in [0.3, 0.4) is 0 Å². The summed E-state index contributed by atoms with van der Waals surface area (Å²) in [5.74, 6) is -0.748. The number of halogens is 4. The average Bonchev–Trinajstić information content (AvgIpc) is 3.44. The topological polar surface area (TPSA) is 117 Å². The monoisotopic (exact) mass is 638 g/mol. The van der Waals surface area contributed by atoms with Gasteiger partial charge in [0, 0.05) is 16.3 Å². The van der Waals surface area contributed by atoms with Crippen LogP contribution in [0.2, 0.25) is 5.02 Å². The van der Waals surface area contributed by atoms with Gasteiger partial charge in [-0.15, -0.1) is 10.2 Å². The Balaban J connectivity index is 1.80. The van der Waals surface area contributed by atoms with Crippen molar-refractivity contribution >= 4 is 23.2 Å². The molecule has 3 aromatic heterocycles. The lowest BCUT2D eigenvalue weighted by molar-refractivity contribution is -0.151. The van der Waals surface area contributed by atoms with Crippen molar-refractivity contribution in [2.45, 2.75) is 52.6 Å². The van der Waals surface area contributed by atoms with Crippen LogP contribution in [0, 0.1) is 12.8 Å². The first-order valence-corrected chi connectivity index (χ1v) is 14.5. The summed E-state index contributed by atoms with van der Waals surface area (Å²) in [5, 5.41) is 9.29. The van der Waals surface area contributed by atoms with Gasteiger partial charge in [-0.3, -0.25) is 9.59 Å². The molecule has 0 aliphatic carbocycles. The molecule has 0 saturated heterocycles. The third-order valence-corrected chi connectivity index (χ3v) is 7.73. The molecule has 0 amide bonds. The molecule has 2 atom stereocenters. The number of ether oxygens (including phenoxy) is 1. The van der Waals surface area contributed by atoms with E-state index in [4.69, 9.17) is 22.1 Å². The van der Waals surface area contributed by atoms with Crippen LogP contribution in [-0.4, -0.2) is 36.4 Å². The van der Waals surface area contributed by atoms with Gasteiger partial charge in [0.25, 0.3) is 5.56 Å². The molecular weight excluding hydrogens is 609 g/mol. The second kappa shape index (κ2) is 12.4. The highest BCUT2D eigenvalue weighted by atomic mass is 35.5. The van der Waals surface area contributed by atoms with E-state index in [9.17, 15) is 22.8 Å². The Morgan fingerprint density at radius 3 is 2.20 bits per heavy atom. The molecule has 1 unspecified atom stereocenters. The summed E-state index contributed by atoms with van der Waals surface area (Å²) in [7, 11) is 0. The molecule has 2 aromatic carbocycles. The predicted octanol–water partition coefficient (Wildman–Crippen LogP) is 6.24. The number of nitrogens with two attached hydrogens (primary N) is 1. The highest BCUT2D eigenvalue weighted by Crippen LogP contribution is 2.35. The van der Waals surface area contributed by atoms with Crippen molar-refractivity contribution in [1.29, 1.82) is 0 Å². The zero-order chi connectivity index (χ0) is 32.6. The highest BCUT2D eigenvalue weighted by Gasteiger charge is 2.33. The summed E-state index contributed by atoms with van der Waals surface area (Å²) in [4.78, 5) is 31.2. The lowest BCUT2D eigenvalue weighted by Crippen LogP contribution is -2.38. The smallest absolute Gasteiger partial charge is 0.433 e. The molecule has 0 bridgehead atoms. The van der Waals surface area contributed by atoms with Crippen LogP contribution >= 0.6 is 11.6 Å². The molecule has 13 heteroatoms. The number of pyridine rings is 1. The zero-order valence-corrected chi connectivity index (χ0v) is 25.6. The van der Waals surface area contributed by atoms with E-state index in [1.54, 1.807) is 69.3 Å². The van der Waals surface area contributed by atoms with Gasteiger partial charge in [0.2, 0.25) is 0 Å². The Labute approximate surface area is 261 Å². The number of benzene rings is 2. The fourth-order valence-electron chi connectivity index (χ4n) is 4.94. The lowest BCUT2D eigenvalue weighted by Gasteiger charge is -2.21. The molecule has 0 saturated carbocycles. The number of nitrogens with zero attached hydrogens (tertiary/aromatic N) is 5. The Morgan fingerprint density at radius 2 is 1.60 bits per heavy atom. The third kappa shape index (κ3) is 6.34.